The minimum Gasteiger partial charge on any atom is -0.383 e. The van der Waals surface area contributed by atoms with E-state index >= 15 is 0 Å². The summed E-state index contributed by atoms with van der Waals surface area (Å²) in [6.45, 7) is 0.590. The van der Waals surface area contributed by atoms with E-state index in [1.165, 1.54) is 6.07 Å². The molecule has 2 aromatic rings. The highest BCUT2D eigenvalue weighted by Crippen LogP contribution is 2.46. The summed E-state index contributed by atoms with van der Waals surface area (Å²) in [6, 6.07) is 12.6. The Morgan fingerprint density at radius 1 is 1.24 bits per heavy atom. The number of hydrogen-bond acceptors (Lipinski definition) is 4. The topological polar surface area (TPSA) is 70.7 Å². The summed E-state index contributed by atoms with van der Waals surface area (Å²) in [5.41, 5.74) is 8.29. The van der Waals surface area contributed by atoms with Crippen LogP contribution < -0.4 is 11.1 Å². The number of halogens is 1. The Morgan fingerprint density at radius 3 is 2.96 bits per heavy atom. The van der Waals surface area contributed by atoms with Gasteiger partial charge in [0.05, 0.1) is 11.6 Å². The van der Waals surface area contributed by atoms with Crippen LogP contribution in [-0.4, -0.2) is 28.9 Å². The SMILES string of the molecule is NC1=N[C@@]2(CCN3C(=O)c4ccccc4[C@@H]3C2)Nc2cccc(F)c21. The van der Waals surface area contributed by atoms with Gasteiger partial charge < -0.3 is 16.0 Å². The maximum absolute atomic E-state index is 14.1. The van der Waals surface area contributed by atoms with Crippen molar-refractivity contribution >= 4 is 17.4 Å². The maximum Gasteiger partial charge on any atom is 0.254 e. The third kappa shape index (κ3) is 1.94. The zero-order chi connectivity index (χ0) is 17.2. The first-order chi connectivity index (χ1) is 12.1. The van der Waals surface area contributed by atoms with Gasteiger partial charge in [-0.2, -0.15) is 0 Å². The first-order valence-corrected chi connectivity index (χ1v) is 8.40. The van der Waals surface area contributed by atoms with E-state index < -0.39 is 5.66 Å². The van der Waals surface area contributed by atoms with Crippen molar-refractivity contribution in [2.75, 3.05) is 11.9 Å². The minimum atomic E-state index is -0.607. The van der Waals surface area contributed by atoms with Gasteiger partial charge in [0.15, 0.2) is 0 Å². The molecule has 0 aliphatic carbocycles. The van der Waals surface area contributed by atoms with E-state index in [9.17, 15) is 9.18 Å². The number of amides is 1. The molecule has 5 rings (SSSR count). The van der Waals surface area contributed by atoms with Crippen molar-refractivity contribution < 1.29 is 9.18 Å². The van der Waals surface area contributed by atoms with Crippen LogP contribution in [0.5, 0.6) is 0 Å². The predicted molar refractivity (Wildman–Crippen MR) is 92.9 cm³/mol. The lowest BCUT2D eigenvalue weighted by molar-refractivity contribution is 0.0606. The van der Waals surface area contributed by atoms with Gasteiger partial charge in [-0.05, 0) is 23.8 Å². The standard InChI is InChI=1S/C19H17FN4O/c20-13-6-3-7-14-16(13)17(21)23-19(22-14)8-9-24-15(10-19)11-4-1-2-5-12(11)18(24)25/h1-7,15,22H,8-10H2,(H2,21,23)/t15-,19+/m0/s1. The van der Waals surface area contributed by atoms with Crippen LogP contribution in [0, 0.1) is 5.82 Å². The predicted octanol–water partition coefficient (Wildman–Crippen LogP) is 2.64. The molecule has 3 aliphatic rings. The fourth-order valence-electron chi connectivity index (χ4n) is 4.32. The number of nitrogens with zero attached hydrogens (tertiary/aromatic N) is 2. The summed E-state index contributed by atoms with van der Waals surface area (Å²) < 4.78 is 14.1. The Morgan fingerprint density at radius 2 is 2.08 bits per heavy atom. The van der Waals surface area contributed by atoms with Gasteiger partial charge in [0, 0.05) is 30.6 Å². The van der Waals surface area contributed by atoms with Crippen LogP contribution in [0.3, 0.4) is 0 Å². The van der Waals surface area contributed by atoms with E-state index in [0.717, 1.165) is 11.1 Å². The highest BCUT2D eigenvalue weighted by molar-refractivity contribution is 6.04. The second-order valence-corrected chi connectivity index (χ2v) is 6.87. The third-order valence-electron chi connectivity index (χ3n) is 5.46. The summed E-state index contributed by atoms with van der Waals surface area (Å²) in [7, 11) is 0. The molecule has 3 heterocycles. The van der Waals surface area contributed by atoms with Crippen molar-refractivity contribution in [2.45, 2.75) is 24.5 Å². The molecular weight excluding hydrogens is 319 g/mol. The number of anilines is 1. The molecule has 1 spiro atoms. The Hall–Kier alpha value is -2.89. The average molecular weight is 336 g/mol. The molecule has 0 unspecified atom stereocenters. The van der Waals surface area contributed by atoms with Gasteiger partial charge in [0.2, 0.25) is 0 Å². The van der Waals surface area contributed by atoms with Crippen LogP contribution in [0.15, 0.2) is 47.5 Å². The lowest BCUT2D eigenvalue weighted by atomic mass is 9.87. The van der Waals surface area contributed by atoms with Crippen LogP contribution in [0.4, 0.5) is 10.1 Å². The van der Waals surface area contributed by atoms with E-state index in [1.807, 2.05) is 35.2 Å². The summed E-state index contributed by atoms with van der Waals surface area (Å²) in [6.07, 6.45) is 1.26. The first kappa shape index (κ1) is 14.5. The smallest absolute Gasteiger partial charge is 0.254 e. The number of piperidine rings is 1. The highest BCUT2D eigenvalue weighted by atomic mass is 19.1. The zero-order valence-electron chi connectivity index (χ0n) is 13.5. The van der Waals surface area contributed by atoms with Crippen molar-refractivity contribution in [1.29, 1.82) is 0 Å². The van der Waals surface area contributed by atoms with Gasteiger partial charge in [-0.15, -0.1) is 0 Å². The van der Waals surface area contributed by atoms with Crippen molar-refractivity contribution in [3.8, 4) is 0 Å². The van der Waals surface area contributed by atoms with E-state index in [-0.39, 0.29) is 23.6 Å². The van der Waals surface area contributed by atoms with Crippen LogP contribution in [0.2, 0.25) is 0 Å². The Bertz CT molecular complexity index is 941. The molecule has 1 fully saturated rings. The van der Waals surface area contributed by atoms with Crippen LogP contribution in [0.25, 0.3) is 0 Å². The summed E-state index contributed by atoms with van der Waals surface area (Å²) in [5.74, 6) is -0.0764. The van der Waals surface area contributed by atoms with Crippen molar-refractivity contribution in [3.63, 3.8) is 0 Å². The van der Waals surface area contributed by atoms with Crippen molar-refractivity contribution in [2.24, 2.45) is 10.7 Å². The number of carbonyl (C=O) groups is 1. The summed E-state index contributed by atoms with van der Waals surface area (Å²) in [4.78, 5) is 19.2. The molecule has 126 valence electrons. The Labute approximate surface area is 144 Å². The second-order valence-electron chi connectivity index (χ2n) is 6.87. The molecule has 1 amide bonds. The lowest BCUT2D eigenvalue weighted by Crippen LogP contribution is -2.51. The molecule has 0 bridgehead atoms. The van der Waals surface area contributed by atoms with Crippen LogP contribution in [0.1, 0.15) is 40.4 Å². The lowest BCUT2D eigenvalue weighted by Gasteiger charge is -2.44. The fraction of sp³-hybridized carbons (Fsp3) is 0.263. The molecule has 0 saturated carbocycles. The Kier molecular flexibility index (Phi) is 2.78. The third-order valence-corrected chi connectivity index (χ3v) is 5.46. The highest BCUT2D eigenvalue weighted by Gasteiger charge is 2.48. The zero-order valence-corrected chi connectivity index (χ0v) is 13.5. The van der Waals surface area contributed by atoms with E-state index in [4.69, 9.17) is 5.73 Å². The summed E-state index contributed by atoms with van der Waals surface area (Å²) in [5, 5.41) is 3.40. The van der Waals surface area contributed by atoms with E-state index in [2.05, 4.69) is 10.3 Å². The van der Waals surface area contributed by atoms with Crippen molar-refractivity contribution in [3.05, 3.63) is 65.0 Å². The van der Waals surface area contributed by atoms with Crippen molar-refractivity contribution in [1.82, 2.24) is 4.90 Å². The largest absolute Gasteiger partial charge is 0.383 e. The van der Waals surface area contributed by atoms with E-state index in [0.29, 0.717) is 30.6 Å². The number of carbonyl (C=O) groups excluding carboxylic acids is 1. The van der Waals surface area contributed by atoms with Gasteiger partial charge in [0.25, 0.3) is 5.91 Å². The normalized spacial score (nSPS) is 26.6. The maximum atomic E-state index is 14.1. The van der Waals surface area contributed by atoms with Gasteiger partial charge in [0.1, 0.15) is 17.3 Å². The molecule has 3 aliphatic heterocycles. The number of hydrogen-bond donors (Lipinski definition) is 2. The molecule has 6 heteroatoms. The van der Waals surface area contributed by atoms with E-state index in [1.54, 1.807) is 6.07 Å². The number of nitrogens with one attached hydrogen (secondary N) is 1. The van der Waals surface area contributed by atoms with Crippen LogP contribution >= 0.6 is 0 Å². The van der Waals surface area contributed by atoms with Gasteiger partial charge in [-0.3, -0.25) is 4.79 Å². The number of nitrogens with two attached hydrogens (primary N) is 1. The van der Waals surface area contributed by atoms with Gasteiger partial charge in [-0.25, -0.2) is 9.38 Å². The second kappa shape index (κ2) is 4.81. The minimum absolute atomic E-state index is 0.0309. The molecule has 0 aromatic heterocycles. The quantitative estimate of drug-likeness (QED) is 0.777. The molecule has 3 N–H and O–H groups in total. The summed E-state index contributed by atoms with van der Waals surface area (Å²) >= 11 is 0. The number of amidine groups is 1. The van der Waals surface area contributed by atoms with Crippen LogP contribution in [-0.2, 0) is 0 Å². The number of benzene rings is 2. The van der Waals surface area contributed by atoms with Gasteiger partial charge >= 0.3 is 0 Å². The molecule has 25 heavy (non-hydrogen) atoms. The molecular formula is C19H17FN4O. The fourth-order valence-corrected chi connectivity index (χ4v) is 4.32. The Balaban J connectivity index is 1.56. The molecule has 2 aromatic carbocycles. The first-order valence-electron chi connectivity index (χ1n) is 8.40. The van der Waals surface area contributed by atoms with Gasteiger partial charge in [-0.1, -0.05) is 24.3 Å². The molecule has 2 atom stereocenters. The molecule has 0 radical (unpaired) electrons. The number of aliphatic imine (C=N–C) groups is 1. The number of fused-ring (bicyclic) bond motifs is 4. The average Bonchev–Trinajstić information content (AvgIpc) is 2.87. The number of rotatable bonds is 0. The molecule has 5 nitrogen and oxygen atoms in total. The molecule has 1 saturated heterocycles. The monoisotopic (exact) mass is 336 g/mol.